The summed E-state index contributed by atoms with van der Waals surface area (Å²) in [6.07, 6.45) is 3.91. The standard InChI is InChI=1S/C11H14ClNO/c12-10-6-8(4-5-11(10)14)7-13-9-2-1-3-9/h4-6,9,13-14H,1-3,7H2. The Hall–Kier alpha value is -0.730. The van der Waals surface area contributed by atoms with Gasteiger partial charge in [-0.25, -0.2) is 0 Å². The van der Waals surface area contributed by atoms with Crippen LogP contribution in [-0.4, -0.2) is 11.1 Å². The van der Waals surface area contributed by atoms with Crippen LogP contribution in [0.3, 0.4) is 0 Å². The number of nitrogens with one attached hydrogen (secondary N) is 1. The van der Waals surface area contributed by atoms with Gasteiger partial charge in [0.25, 0.3) is 0 Å². The molecule has 76 valence electrons. The van der Waals surface area contributed by atoms with Crippen LogP contribution < -0.4 is 5.32 Å². The summed E-state index contributed by atoms with van der Waals surface area (Å²) in [6.45, 7) is 0.838. The molecule has 1 saturated carbocycles. The molecular formula is C11H14ClNO. The van der Waals surface area contributed by atoms with Gasteiger partial charge < -0.3 is 10.4 Å². The van der Waals surface area contributed by atoms with Crippen LogP contribution in [-0.2, 0) is 6.54 Å². The maximum Gasteiger partial charge on any atom is 0.134 e. The van der Waals surface area contributed by atoms with Crippen LogP contribution in [0.5, 0.6) is 5.75 Å². The van der Waals surface area contributed by atoms with Crippen molar-refractivity contribution in [2.45, 2.75) is 31.8 Å². The average Bonchev–Trinajstić information content (AvgIpc) is 2.08. The lowest BCUT2D eigenvalue weighted by molar-refractivity contribution is 0.338. The van der Waals surface area contributed by atoms with Crippen molar-refractivity contribution in [3.63, 3.8) is 0 Å². The Bertz CT molecular complexity index is 323. The van der Waals surface area contributed by atoms with Crippen LogP contribution in [0.4, 0.5) is 0 Å². The van der Waals surface area contributed by atoms with Crippen molar-refractivity contribution in [2.75, 3.05) is 0 Å². The van der Waals surface area contributed by atoms with Gasteiger partial charge in [-0.3, -0.25) is 0 Å². The Kier molecular flexibility index (Phi) is 2.94. The van der Waals surface area contributed by atoms with E-state index in [9.17, 15) is 5.11 Å². The fourth-order valence-corrected chi connectivity index (χ4v) is 1.74. The second-order valence-corrected chi connectivity index (χ2v) is 4.20. The normalized spacial score (nSPS) is 16.6. The molecule has 0 atom stereocenters. The third-order valence-electron chi connectivity index (χ3n) is 2.71. The van der Waals surface area contributed by atoms with Gasteiger partial charge in [-0.05, 0) is 30.5 Å². The molecule has 2 rings (SSSR count). The Morgan fingerprint density at radius 3 is 2.79 bits per heavy atom. The fraction of sp³-hybridized carbons (Fsp3) is 0.455. The van der Waals surface area contributed by atoms with Crippen LogP contribution in [0.1, 0.15) is 24.8 Å². The molecular weight excluding hydrogens is 198 g/mol. The van der Waals surface area contributed by atoms with Crippen molar-refractivity contribution >= 4 is 11.6 Å². The molecule has 0 bridgehead atoms. The molecule has 1 aromatic rings. The van der Waals surface area contributed by atoms with E-state index in [0.717, 1.165) is 12.1 Å². The highest BCUT2D eigenvalue weighted by Gasteiger charge is 2.16. The van der Waals surface area contributed by atoms with Gasteiger partial charge in [-0.1, -0.05) is 24.1 Å². The summed E-state index contributed by atoms with van der Waals surface area (Å²) in [6, 6.07) is 6.03. The molecule has 2 nitrogen and oxygen atoms in total. The molecule has 0 saturated heterocycles. The van der Waals surface area contributed by atoms with Crippen LogP contribution in [0.15, 0.2) is 18.2 Å². The van der Waals surface area contributed by atoms with Gasteiger partial charge in [0.05, 0.1) is 5.02 Å². The molecule has 0 spiro atoms. The van der Waals surface area contributed by atoms with Crippen molar-refractivity contribution in [3.8, 4) is 5.75 Å². The number of aromatic hydroxyl groups is 1. The molecule has 0 heterocycles. The molecule has 0 aromatic heterocycles. The minimum Gasteiger partial charge on any atom is -0.506 e. The molecule has 0 unspecified atom stereocenters. The van der Waals surface area contributed by atoms with E-state index in [1.54, 1.807) is 6.07 Å². The fourth-order valence-electron chi connectivity index (χ4n) is 1.53. The maximum atomic E-state index is 9.23. The van der Waals surface area contributed by atoms with Crippen molar-refractivity contribution in [2.24, 2.45) is 0 Å². The van der Waals surface area contributed by atoms with Gasteiger partial charge >= 0.3 is 0 Å². The number of rotatable bonds is 3. The van der Waals surface area contributed by atoms with E-state index in [1.807, 2.05) is 12.1 Å². The van der Waals surface area contributed by atoms with E-state index in [4.69, 9.17) is 11.6 Å². The number of benzene rings is 1. The van der Waals surface area contributed by atoms with E-state index in [-0.39, 0.29) is 5.75 Å². The van der Waals surface area contributed by atoms with Gasteiger partial charge in [0, 0.05) is 12.6 Å². The first-order valence-electron chi connectivity index (χ1n) is 4.96. The summed E-state index contributed by atoms with van der Waals surface area (Å²) < 4.78 is 0. The van der Waals surface area contributed by atoms with Gasteiger partial charge in [0.2, 0.25) is 0 Å². The zero-order valence-electron chi connectivity index (χ0n) is 7.96. The SMILES string of the molecule is Oc1ccc(CNC2CCC2)cc1Cl. The molecule has 1 fully saturated rings. The lowest BCUT2D eigenvalue weighted by atomic mass is 9.93. The van der Waals surface area contributed by atoms with Crippen LogP contribution in [0.2, 0.25) is 5.02 Å². The van der Waals surface area contributed by atoms with E-state index < -0.39 is 0 Å². The Labute approximate surface area is 88.9 Å². The number of phenols is 1. The van der Waals surface area contributed by atoms with Gasteiger partial charge in [-0.15, -0.1) is 0 Å². The second kappa shape index (κ2) is 4.20. The lowest BCUT2D eigenvalue weighted by Crippen LogP contribution is -2.34. The number of hydrogen-bond acceptors (Lipinski definition) is 2. The summed E-state index contributed by atoms with van der Waals surface area (Å²) in [5, 5.41) is 13.1. The minimum absolute atomic E-state index is 0.152. The number of halogens is 1. The Morgan fingerprint density at radius 1 is 1.43 bits per heavy atom. The summed E-state index contributed by atoms with van der Waals surface area (Å²) in [7, 11) is 0. The van der Waals surface area contributed by atoms with Crippen molar-refractivity contribution in [1.29, 1.82) is 0 Å². The highest BCUT2D eigenvalue weighted by atomic mass is 35.5. The third kappa shape index (κ3) is 2.20. The topological polar surface area (TPSA) is 32.3 Å². The zero-order valence-corrected chi connectivity index (χ0v) is 8.72. The predicted molar refractivity (Wildman–Crippen MR) is 57.6 cm³/mol. The third-order valence-corrected chi connectivity index (χ3v) is 3.01. The van der Waals surface area contributed by atoms with Gasteiger partial charge in [0.15, 0.2) is 0 Å². The predicted octanol–water partition coefficient (Wildman–Crippen LogP) is 2.69. The maximum absolute atomic E-state index is 9.23. The van der Waals surface area contributed by atoms with Crippen molar-refractivity contribution in [3.05, 3.63) is 28.8 Å². The molecule has 14 heavy (non-hydrogen) atoms. The van der Waals surface area contributed by atoms with E-state index >= 15 is 0 Å². The van der Waals surface area contributed by atoms with Crippen molar-refractivity contribution < 1.29 is 5.11 Å². The first-order chi connectivity index (χ1) is 6.75. The number of hydrogen-bond donors (Lipinski definition) is 2. The molecule has 3 heteroatoms. The molecule has 2 N–H and O–H groups in total. The van der Waals surface area contributed by atoms with Crippen LogP contribution in [0.25, 0.3) is 0 Å². The molecule has 1 aromatic carbocycles. The van der Waals surface area contributed by atoms with E-state index in [2.05, 4.69) is 5.32 Å². The second-order valence-electron chi connectivity index (χ2n) is 3.79. The first-order valence-corrected chi connectivity index (χ1v) is 5.34. The summed E-state index contributed by atoms with van der Waals surface area (Å²) in [4.78, 5) is 0. The Morgan fingerprint density at radius 2 is 2.21 bits per heavy atom. The zero-order chi connectivity index (χ0) is 9.97. The van der Waals surface area contributed by atoms with E-state index in [1.165, 1.54) is 19.3 Å². The monoisotopic (exact) mass is 211 g/mol. The first kappa shape index (κ1) is 9.81. The molecule has 0 amide bonds. The quantitative estimate of drug-likeness (QED) is 0.806. The van der Waals surface area contributed by atoms with Crippen LogP contribution >= 0.6 is 11.6 Å². The van der Waals surface area contributed by atoms with E-state index in [0.29, 0.717) is 11.1 Å². The lowest BCUT2D eigenvalue weighted by Gasteiger charge is -2.26. The van der Waals surface area contributed by atoms with Crippen molar-refractivity contribution in [1.82, 2.24) is 5.32 Å². The highest BCUT2D eigenvalue weighted by molar-refractivity contribution is 6.32. The molecule has 1 aliphatic carbocycles. The smallest absolute Gasteiger partial charge is 0.134 e. The minimum atomic E-state index is 0.152. The molecule has 0 aliphatic heterocycles. The Balaban J connectivity index is 1.91. The average molecular weight is 212 g/mol. The summed E-state index contributed by atoms with van der Waals surface area (Å²) >= 11 is 5.80. The summed E-state index contributed by atoms with van der Waals surface area (Å²) in [5.41, 5.74) is 1.12. The summed E-state index contributed by atoms with van der Waals surface area (Å²) in [5.74, 6) is 0.152. The van der Waals surface area contributed by atoms with Gasteiger partial charge in [0.1, 0.15) is 5.75 Å². The van der Waals surface area contributed by atoms with Gasteiger partial charge in [-0.2, -0.15) is 0 Å². The largest absolute Gasteiger partial charge is 0.506 e. The molecule has 0 radical (unpaired) electrons. The van der Waals surface area contributed by atoms with Crippen LogP contribution in [0, 0.1) is 0 Å². The highest BCUT2D eigenvalue weighted by Crippen LogP contribution is 2.24. The molecule has 1 aliphatic rings. The number of phenolic OH excluding ortho intramolecular Hbond substituents is 1.